The molecular weight excluding hydrogens is 258 g/mol. The van der Waals surface area contributed by atoms with Gasteiger partial charge in [-0.1, -0.05) is 51.2 Å². The third-order valence-electron chi connectivity index (χ3n) is 3.22. The smallest absolute Gasteiger partial charge is 0.207 e. The third-order valence-corrected chi connectivity index (χ3v) is 5.09. The van der Waals surface area contributed by atoms with Gasteiger partial charge in [0.1, 0.15) is 0 Å². The average molecular weight is 282 g/mol. The Morgan fingerprint density at radius 1 is 1.05 bits per heavy atom. The molecule has 0 aromatic heterocycles. The molecule has 0 saturated heterocycles. The van der Waals surface area contributed by atoms with Gasteiger partial charge in [0, 0.05) is 13.6 Å². The first-order valence-electron chi connectivity index (χ1n) is 7.01. The van der Waals surface area contributed by atoms with Crippen molar-refractivity contribution < 1.29 is 8.42 Å². The average Bonchev–Trinajstić information content (AvgIpc) is 2.43. The van der Waals surface area contributed by atoms with Crippen LogP contribution < -0.4 is 0 Å². The van der Waals surface area contributed by atoms with E-state index in [1.54, 1.807) is 31.3 Å². The summed E-state index contributed by atoms with van der Waals surface area (Å²) in [6, 6.07) is 9.27. The Bertz CT molecular complexity index is 442. The maximum Gasteiger partial charge on any atom is 0.242 e. The first kappa shape index (κ1) is 16.2. The van der Waals surface area contributed by atoms with Crippen molar-refractivity contribution in [1.82, 2.24) is 4.31 Å². The van der Waals surface area contributed by atoms with Gasteiger partial charge in [-0.2, -0.15) is 0 Å². The van der Waals surface area contributed by atoms with Gasteiger partial charge in [-0.3, -0.25) is 0 Å². The Hall–Kier alpha value is -0.870. The highest BCUT2D eigenvalue weighted by atomic mass is 32.2. The van der Waals surface area contributed by atoms with E-state index in [9.17, 15) is 8.42 Å². The van der Waals surface area contributed by atoms with Crippen LogP contribution in [0.25, 0.3) is 0 Å². The molecule has 0 aliphatic carbocycles. The molecule has 0 aliphatic rings. The molecule has 0 fully saturated rings. The van der Waals surface area contributed by atoms with Gasteiger partial charge in [0.05, 0.1) is 4.90 Å². The zero-order chi connectivity index (χ0) is 14.1. The van der Waals surface area contributed by atoms with E-state index in [2.05, 4.69) is 13.0 Å². The van der Waals surface area contributed by atoms with E-state index in [0.717, 1.165) is 12.8 Å². The fourth-order valence-electron chi connectivity index (χ4n) is 1.96. The van der Waals surface area contributed by atoms with E-state index in [0.29, 0.717) is 11.4 Å². The van der Waals surface area contributed by atoms with Gasteiger partial charge in [-0.15, -0.1) is 0 Å². The van der Waals surface area contributed by atoms with Crippen molar-refractivity contribution in [2.45, 2.75) is 50.3 Å². The molecule has 0 atom stereocenters. The van der Waals surface area contributed by atoms with Gasteiger partial charge in [-0.25, -0.2) is 12.7 Å². The molecule has 0 heterocycles. The third kappa shape index (κ3) is 5.33. The van der Waals surface area contributed by atoms with Crippen molar-refractivity contribution in [3.05, 3.63) is 30.3 Å². The molecule has 0 saturated carbocycles. The van der Waals surface area contributed by atoms with Crippen LogP contribution in [0.1, 0.15) is 45.4 Å². The molecule has 19 heavy (non-hydrogen) atoms. The number of hydrogen-bond acceptors (Lipinski definition) is 2. The maximum atomic E-state index is 12.2. The molecule has 107 valence electrons. The molecule has 0 aliphatic heterocycles. The molecule has 0 amide bonds. The molecule has 1 aromatic carbocycles. The summed E-state index contributed by atoms with van der Waals surface area (Å²) in [6.07, 6.45) is 6.98. The number of rotatable bonds is 9. The number of unbranched alkanes of at least 4 members (excludes halogenated alkanes) is 5. The first-order chi connectivity index (χ1) is 9.09. The second-order valence-corrected chi connectivity index (χ2v) is 6.87. The zero-order valence-electron chi connectivity index (χ0n) is 11.9. The van der Waals surface area contributed by atoms with Gasteiger partial charge in [0.15, 0.2) is 0 Å². The molecular formula is C15H24NO2S. The van der Waals surface area contributed by atoms with Crippen LogP contribution in [0.15, 0.2) is 29.2 Å². The molecule has 1 aromatic rings. The minimum atomic E-state index is -3.32. The summed E-state index contributed by atoms with van der Waals surface area (Å²) in [7, 11) is -1.67. The highest BCUT2D eigenvalue weighted by Gasteiger charge is 2.19. The van der Waals surface area contributed by atoms with Crippen LogP contribution in [0.4, 0.5) is 0 Å². The van der Waals surface area contributed by atoms with Gasteiger partial charge >= 0.3 is 0 Å². The fraction of sp³-hybridized carbons (Fsp3) is 0.600. The molecule has 0 N–H and O–H groups in total. The molecule has 0 unspecified atom stereocenters. The van der Waals surface area contributed by atoms with E-state index >= 15 is 0 Å². The summed E-state index contributed by atoms with van der Waals surface area (Å²) >= 11 is 0. The predicted molar refractivity (Wildman–Crippen MR) is 78.5 cm³/mol. The Balaban J connectivity index is 2.39. The normalized spacial score (nSPS) is 11.9. The Kier molecular flexibility index (Phi) is 7.10. The Labute approximate surface area is 117 Å². The monoisotopic (exact) mass is 282 g/mol. The van der Waals surface area contributed by atoms with Gasteiger partial charge in [0.25, 0.3) is 0 Å². The molecule has 1 radical (unpaired) electrons. The summed E-state index contributed by atoms with van der Waals surface area (Å²) in [5, 5.41) is 0. The van der Waals surface area contributed by atoms with Gasteiger partial charge < -0.3 is 0 Å². The van der Waals surface area contributed by atoms with Crippen LogP contribution in [-0.2, 0) is 10.0 Å². The summed E-state index contributed by atoms with van der Waals surface area (Å²) in [4.78, 5) is 0.347. The summed E-state index contributed by atoms with van der Waals surface area (Å²) in [5.41, 5.74) is 0. The summed E-state index contributed by atoms with van der Waals surface area (Å²) < 4.78 is 25.9. The van der Waals surface area contributed by atoms with E-state index in [-0.39, 0.29) is 0 Å². The standard InChI is InChI=1S/C15H24NO2S/c1-3-4-5-6-7-11-14-16(2)19(17,18)15-12-9-8-10-13-15/h9-10,12-13H,3-7,11,14H2,1-2H3. The summed E-state index contributed by atoms with van der Waals surface area (Å²) in [6.45, 7) is 2.78. The lowest BCUT2D eigenvalue weighted by atomic mass is 10.1. The zero-order valence-corrected chi connectivity index (χ0v) is 12.7. The largest absolute Gasteiger partial charge is 0.242 e. The van der Waals surface area contributed by atoms with E-state index < -0.39 is 10.0 Å². The number of hydrogen-bond donors (Lipinski definition) is 0. The quantitative estimate of drug-likeness (QED) is 0.650. The van der Waals surface area contributed by atoms with E-state index in [4.69, 9.17) is 0 Å². The molecule has 0 spiro atoms. The minimum absolute atomic E-state index is 0.347. The van der Waals surface area contributed by atoms with Crippen molar-refractivity contribution in [2.75, 3.05) is 13.6 Å². The van der Waals surface area contributed by atoms with Crippen LogP contribution in [0, 0.1) is 6.07 Å². The SMILES string of the molecule is CCCCCCCCN(C)S(=O)(=O)c1cc[c]cc1. The maximum absolute atomic E-state index is 12.2. The molecule has 1 rings (SSSR count). The highest BCUT2D eigenvalue weighted by Crippen LogP contribution is 2.14. The number of nitrogens with zero attached hydrogens (tertiary/aromatic N) is 1. The van der Waals surface area contributed by atoms with Crippen molar-refractivity contribution in [3.63, 3.8) is 0 Å². The first-order valence-corrected chi connectivity index (χ1v) is 8.45. The van der Waals surface area contributed by atoms with Crippen LogP contribution in [0.3, 0.4) is 0 Å². The van der Waals surface area contributed by atoms with Crippen LogP contribution in [0.5, 0.6) is 0 Å². The molecule has 0 bridgehead atoms. The minimum Gasteiger partial charge on any atom is -0.207 e. The fourth-order valence-corrected chi connectivity index (χ4v) is 3.17. The van der Waals surface area contributed by atoms with Crippen LogP contribution >= 0.6 is 0 Å². The lowest BCUT2D eigenvalue weighted by Crippen LogP contribution is -2.27. The van der Waals surface area contributed by atoms with Crippen molar-refractivity contribution >= 4 is 10.0 Å². The molecule has 3 nitrogen and oxygen atoms in total. The van der Waals surface area contributed by atoms with Crippen LogP contribution in [-0.4, -0.2) is 26.3 Å². The Morgan fingerprint density at radius 3 is 2.26 bits per heavy atom. The highest BCUT2D eigenvalue weighted by molar-refractivity contribution is 7.89. The molecule has 4 heteroatoms. The lowest BCUT2D eigenvalue weighted by molar-refractivity contribution is 0.449. The van der Waals surface area contributed by atoms with Crippen LogP contribution in [0.2, 0.25) is 0 Å². The second-order valence-electron chi connectivity index (χ2n) is 4.83. The van der Waals surface area contributed by atoms with E-state index in [1.165, 1.54) is 30.0 Å². The lowest BCUT2D eigenvalue weighted by Gasteiger charge is -2.17. The number of sulfonamides is 1. The predicted octanol–water partition coefficient (Wildman–Crippen LogP) is 3.47. The Morgan fingerprint density at radius 2 is 1.63 bits per heavy atom. The van der Waals surface area contributed by atoms with Crippen molar-refractivity contribution in [2.24, 2.45) is 0 Å². The topological polar surface area (TPSA) is 37.4 Å². The van der Waals surface area contributed by atoms with Gasteiger partial charge in [-0.05, 0) is 24.6 Å². The van der Waals surface area contributed by atoms with E-state index in [1.807, 2.05) is 0 Å². The van der Waals surface area contributed by atoms with Gasteiger partial charge in [0.2, 0.25) is 10.0 Å². The van der Waals surface area contributed by atoms with Crippen molar-refractivity contribution in [1.29, 1.82) is 0 Å². The second kappa shape index (κ2) is 8.33. The summed E-state index contributed by atoms with van der Waals surface area (Å²) in [5.74, 6) is 0. The number of benzene rings is 1. The van der Waals surface area contributed by atoms with Crippen molar-refractivity contribution in [3.8, 4) is 0 Å².